The highest BCUT2D eigenvalue weighted by Gasteiger charge is 2.26. The number of benzene rings is 2. The van der Waals surface area contributed by atoms with Crippen molar-refractivity contribution >= 4 is 10.0 Å². The van der Waals surface area contributed by atoms with Crippen LogP contribution in [0.15, 0.2) is 65.1 Å². The number of nitrogens with zero attached hydrogens (tertiary/aromatic N) is 1. The smallest absolute Gasteiger partial charge is 0.207 e. The Bertz CT molecular complexity index is 851. The molecule has 0 fully saturated rings. The van der Waals surface area contributed by atoms with Gasteiger partial charge < -0.3 is 0 Å². The maximum atomic E-state index is 13.1. The zero-order chi connectivity index (χ0) is 17.2. The van der Waals surface area contributed by atoms with Crippen LogP contribution in [0.3, 0.4) is 0 Å². The molecule has 24 heavy (non-hydrogen) atoms. The van der Waals surface area contributed by atoms with Crippen LogP contribution in [0.25, 0.3) is 0 Å². The van der Waals surface area contributed by atoms with Gasteiger partial charge in [0.25, 0.3) is 0 Å². The fourth-order valence-electron chi connectivity index (χ4n) is 3.05. The molecular weight excluding hydrogens is 318 g/mol. The van der Waals surface area contributed by atoms with Crippen LogP contribution in [-0.4, -0.2) is 19.3 Å². The zero-order valence-corrected chi connectivity index (χ0v) is 15.0. The lowest BCUT2D eigenvalue weighted by Crippen LogP contribution is -2.32. The first-order valence-electron chi connectivity index (χ1n) is 8.26. The summed E-state index contributed by atoms with van der Waals surface area (Å²) in [5.74, 6) is 0. The maximum absolute atomic E-state index is 13.1. The van der Waals surface area contributed by atoms with Crippen LogP contribution in [0.4, 0.5) is 0 Å². The summed E-state index contributed by atoms with van der Waals surface area (Å²) < 4.78 is 27.9. The quantitative estimate of drug-likeness (QED) is 0.772. The van der Waals surface area contributed by atoms with Crippen molar-refractivity contribution in [1.82, 2.24) is 4.31 Å². The summed E-state index contributed by atoms with van der Waals surface area (Å²) in [5, 5.41) is 0. The Labute approximate surface area is 144 Å². The normalized spacial score (nSPS) is 18.7. The fourth-order valence-corrected chi connectivity index (χ4v) is 4.51. The highest BCUT2D eigenvalue weighted by molar-refractivity contribution is 7.89. The molecule has 0 atom stereocenters. The number of rotatable bonds is 2. The molecule has 0 bridgehead atoms. The van der Waals surface area contributed by atoms with Gasteiger partial charge in [-0.05, 0) is 49.9 Å². The molecule has 0 saturated heterocycles. The van der Waals surface area contributed by atoms with Gasteiger partial charge in [-0.25, -0.2) is 8.42 Å². The summed E-state index contributed by atoms with van der Waals surface area (Å²) >= 11 is 0. The van der Waals surface area contributed by atoms with Gasteiger partial charge >= 0.3 is 0 Å². The highest BCUT2D eigenvalue weighted by atomic mass is 32.2. The summed E-state index contributed by atoms with van der Waals surface area (Å²) in [6, 6.07) is 15.2. The van der Waals surface area contributed by atoms with Gasteiger partial charge in [0.1, 0.15) is 0 Å². The first-order valence-corrected chi connectivity index (χ1v) is 9.70. The number of sulfonamides is 1. The van der Waals surface area contributed by atoms with E-state index in [9.17, 15) is 8.42 Å². The second-order valence-corrected chi connectivity index (χ2v) is 8.38. The average molecular weight is 341 g/mol. The summed E-state index contributed by atoms with van der Waals surface area (Å²) in [5.41, 5.74) is 4.47. The molecule has 0 aromatic heterocycles. The average Bonchev–Trinajstić information content (AvgIpc) is 2.63. The summed E-state index contributed by atoms with van der Waals surface area (Å²) in [6.07, 6.45) is 4.05. The largest absolute Gasteiger partial charge is 0.243 e. The molecule has 0 saturated carbocycles. The number of hydrogen-bond donors (Lipinski definition) is 0. The van der Waals surface area contributed by atoms with Crippen molar-refractivity contribution in [2.45, 2.75) is 38.1 Å². The molecule has 0 amide bonds. The zero-order valence-electron chi connectivity index (χ0n) is 14.2. The molecule has 3 nitrogen and oxygen atoms in total. The number of hydrogen-bond acceptors (Lipinski definition) is 2. The molecule has 1 heterocycles. The Kier molecular flexibility index (Phi) is 4.88. The van der Waals surface area contributed by atoms with Crippen molar-refractivity contribution in [3.05, 3.63) is 76.9 Å². The topological polar surface area (TPSA) is 37.4 Å². The Balaban J connectivity index is 2.02. The Morgan fingerprint density at radius 1 is 0.875 bits per heavy atom. The molecule has 1 aliphatic heterocycles. The van der Waals surface area contributed by atoms with Crippen molar-refractivity contribution in [1.29, 1.82) is 0 Å². The van der Waals surface area contributed by atoms with Gasteiger partial charge in [0.15, 0.2) is 0 Å². The second-order valence-electron chi connectivity index (χ2n) is 6.44. The molecule has 3 rings (SSSR count). The van der Waals surface area contributed by atoms with Gasteiger partial charge in [0, 0.05) is 13.1 Å². The lowest BCUT2D eigenvalue weighted by atomic mass is 10.0. The summed E-state index contributed by atoms with van der Waals surface area (Å²) in [4.78, 5) is 0.359. The third-order valence-electron chi connectivity index (χ3n) is 4.46. The van der Waals surface area contributed by atoms with Crippen molar-refractivity contribution in [2.75, 3.05) is 6.54 Å². The molecule has 0 spiro atoms. The minimum atomic E-state index is -3.52. The molecule has 126 valence electrons. The van der Waals surface area contributed by atoms with Crippen LogP contribution < -0.4 is 0 Å². The van der Waals surface area contributed by atoms with E-state index >= 15 is 0 Å². The van der Waals surface area contributed by atoms with Crippen molar-refractivity contribution in [3.63, 3.8) is 0 Å². The number of aryl methyl sites for hydroxylation is 2. The van der Waals surface area contributed by atoms with Crippen LogP contribution in [0.2, 0.25) is 0 Å². The SMILES string of the molecule is C/C1=C/CCc2ccccc2CN(S(=O)(=O)c2ccc(C)cc2)C1. The molecule has 2 aromatic rings. The molecule has 0 radical (unpaired) electrons. The van der Waals surface area contributed by atoms with E-state index in [0.717, 1.165) is 29.5 Å². The second kappa shape index (κ2) is 6.91. The lowest BCUT2D eigenvalue weighted by molar-refractivity contribution is 0.430. The Hall–Kier alpha value is -1.91. The molecule has 0 unspecified atom stereocenters. The van der Waals surface area contributed by atoms with E-state index in [0.29, 0.717) is 18.0 Å². The minimum Gasteiger partial charge on any atom is -0.207 e. The van der Waals surface area contributed by atoms with E-state index < -0.39 is 10.0 Å². The van der Waals surface area contributed by atoms with Crippen LogP contribution in [-0.2, 0) is 23.0 Å². The van der Waals surface area contributed by atoms with Crippen molar-refractivity contribution in [2.24, 2.45) is 0 Å². The standard InChI is InChI=1S/C20H23NO2S/c1-16-10-12-20(13-11-16)24(22,23)21-14-17(2)6-5-9-18-7-3-4-8-19(18)15-21/h3-4,6-8,10-13H,5,9,14-15H2,1-2H3/b17-6-. The Morgan fingerprint density at radius 2 is 1.54 bits per heavy atom. The van der Waals surface area contributed by atoms with Crippen LogP contribution in [0.5, 0.6) is 0 Å². The van der Waals surface area contributed by atoms with E-state index in [1.165, 1.54) is 5.56 Å². The summed E-state index contributed by atoms with van der Waals surface area (Å²) in [7, 11) is -3.52. The molecule has 4 heteroatoms. The third-order valence-corrected chi connectivity index (χ3v) is 6.26. The van der Waals surface area contributed by atoms with Gasteiger partial charge in [-0.2, -0.15) is 4.31 Å². The first-order chi connectivity index (χ1) is 11.5. The predicted molar refractivity (Wildman–Crippen MR) is 97.3 cm³/mol. The maximum Gasteiger partial charge on any atom is 0.243 e. The molecule has 0 aliphatic carbocycles. The predicted octanol–water partition coefficient (Wildman–Crippen LogP) is 4.08. The van der Waals surface area contributed by atoms with E-state index in [-0.39, 0.29) is 0 Å². The Morgan fingerprint density at radius 3 is 2.25 bits per heavy atom. The highest BCUT2D eigenvalue weighted by Crippen LogP contribution is 2.24. The van der Waals surface area contributed by atoms with E-state index in [1.807, 2.05) is 44.2 Å². The minimum absolute atomic E-state index is 0.359. The first kappa shape index (κ1) is 16.9. The summed E-state index contributed by atoms with van der Waals surface area (Å²) in [6.45, 7) is 4.82. The van der Waals surface area contributed by atoms with E-state index in [1.54, 1.807) is 16.4 Å². The van der Waals surface area contributed by atoms with Crippen LogP contribution in [0.1, 0.15) is 30.0 Å². The van der Waals surface area contributed by atoms with Crippen LogP contribution >= 0.6 is 0 Å². The molecular formula is C20H23NO2S. The van der Waals surface area contributed by atoms with Gasteiger partial charge in [-0.3, -0.25) is 0 Å². The molecule has 2 aromatic carbocycles. The monoisotopic (exact) mass is 341 g/mol. The van der Waals surface area contributed by atoms with E-state index in [2.05, 4.69) is 12.1 Å². The van der Waals surface area contributed by atoms with Gasteiger partial charge in [0.05, 0.1) is 4.90 Å². The number of fused-ring (bicyclic) bond motifs is 1. The molecule has 1 aliphatic rings. The number of allylic oxidation sites excluding steroid dienone is 1. The third kappa shape index (κ3) is 3.60. The van der Waals surface area contributed by atoms with Gasteiger partial charge in [-0.15, -0.1) is 0 Å². The fraction of sp³-hybridized carbons (Fsp3) is 0.300. The molecule has 0 N–H and O–H groups in total. The lowest BCUT2D eigenvalue weighted by Gasteiger charge is -2.23. The van der Waals surface area contributed by atoms with Crippen molar-refractivity contribution in [3.8, 4) is 0 Å². The van der Waals surface area contributed by atoms with Gasteiger partial charge in [-0.1, -0.05) is 53.6 Å². The van der Waals surface area contributed by atoms with Gasteiger partial charge in [0.2, 0.25) is 10.0 Å². The van der Waals surface area contributed by atoms with Crippen LogP contribution in [0, 0.1) is 6.92 Å². The van der Waals surface area contributed by atoms with Crippen molar-refractivity contribution < 1.29 is 8.42 Å². The van der Waals surface area contributed by atoms with E-state index in [4.69, 9.17) is 0 Å².